The number of aromatic nitrogens is 1. The molecule has 4 nitrogen and oxygen atoms in total. The van der Waals surface area contributed by atoms with E-state index in [2.05, 4.69) is 15.6 Å². The summed E-state index contributed by atoms with van der Waals surface area (Å²) in [5.41, 5.74) is 1.95. The van der Waals surface area contributed by atoms with Gasteiger partial charge < -0.3 is 10.6 Å². The molecule has 21 heavy (non-hydrogen) atoms. The maximum Gasteiger partial charge on any atom is 0.269 e. The molecule has 6 heteroatoms. The maximum absolute atomic E-state index is 13.1. The summed E-state index contributed by atoms with van der Waals surface area (Å²) in [6, 6.07) is 7.96. The van der Waals surface area contributed by atoms with Crippen LogP contribution in [0.2, 0.25) is 5.02 Å². The molecule has 0 saturated heterocycles. The first kappa shape index (κ1) is 15.3. The minimum Gasteiger partial charge on any atom is -0.381 e. The van der Waals surface area contributed by atoms with Gasteiger partial charge in [-0.05, 0) is 36.8 Å². The van der Waals surface area contributed by atoms with E-state index in [1.54, 1.807) is 30.5 Å². The third-order valence-electron chi connectivity index (χ3n) is 2.81. The summed E-state index contributed by atoms with van der Waals surface area (Å²) in [5.74, 6) is -0.658. The Morgan fingerprint density at radius 1 is 1.33 bits per heavy atom. The van der Waals surface area contributed by atoms with Crippen molar-refractivity contribution < 1.29 is 9.18 Å². The number of rotatable bonds is 5. The minimum absolute atomic E-state index is 0.0899. The Balaban J connectivity index is 2.04. The fraction of sp³-hybridized carbons (Fsp3) is 0.200. The van der Waals surface area contributed by atoms with Crippen LogP contribution in [0.25, 0.3) is 0 Å². The lowest BCUT2D eigenvalue weighted by atomic mass is 10.2. The van der Waals surface area contributed by atoms with Crippen molar-refractivity contribution in [2.75, 3.05) is 11.9 Å². The van der Waals surface area contributed by atoms with E-state index in [1.807, 2.05) is 6.92 Å². The van der Waals surface area contributed by atoms with Gasteiger partial charge in [0.1, 0.15) is 11.5 Å². The Bertz CT molecular complexity index is 649. The number of carbonyl (C=O) groups is 1. The zero-order chi connectivity index (χ0) is 15.2. The molecule has 2 aromatic rings. The van der Waals surface area contributed by atoms with Gasteiger partial charge in [-0.2, -0.15) is 0 Å². The SMILES string of the molecule is CCNC(=O)c1cc(NCc2ccc(F)c(Cl)c2)ccn1. The fourth-order valence-corrected chi connectivity index (χ4v) is 1.97. The summed E-state index contributed by atoms with van der Waals surface area (Å²) in [6.45, 7) is 2.86. The van der Waals surface area contributed by atoms with Gasteiger partial charge in [0.25, 0.3) is 5.91 Å². The van der Waals surface area contributed by atoms with Crippen LogP contribution >= 0.6 is 11.6 Å². The second kappa shape index (κ2) is 7.04. The predicted molar refractivity (Wildman–Crippen MR) is 81.0 cm³/mol. The second-order valence-corrected chi connectivity index (χ2v) is 4.80. The van der Waals surface area contributed by atoms with Crippen molar-refractivity contribution in [2.45, 2.75) is 13.5 Å². The Hall–Kier alpha value is -2.14. The zero-order valence-electron chi connectivity index (χ0n) is 11.5. The van der Waals surface area contributed by atoms with Crippen LogP contribution in [0.1, 0.15) is 23.0 Å². The number of hydrogen-bond donors (Lipinski definition) is 2. The predicted octanol–water partition coefficient (Wildman–Crippen LogP) is 3.24. The molecule has 0 fully saturated rings. The van der Waals surface area contributed by atoms with Crippen LogP contribution in [0.4, 0.5) is 10.1 Å². The quantitative estimate of drug-likeness (QED) is 0.891. The van der Waals surface area contributed by atoms with Crippen LogP contribution in [-0.4, -0.2) is 17.4 Å². The molecule has 110 valence electrons. The summed E-state index contributed by atoms with van der Waals surface area (Å²) in [5, 5.41) is 5.92. The van der Waals surface area contributed by atoms with Gasteiger partial charge in [-0.3, -0.25) is 9.78 Å². The lowest BCUT2D eigenvalue weighted by Gasteiger charge is -2.08. The number of nitrogens with one attached hydrogen (secondary N) is 2. The minimum atomic E-state index is -0.442. The van der Waals surface area contributed by atoms with Crippen LogP contribution in [0.5, 0.6) is 0 Å². The standard InChI is InChI=1S/C15H15ClFN3O/c1-2-18-15(21)14-8-11(5-6-19-14)20-9-10-3-4-13(17)12(16)7-10/h3-8H,2,9H2,1H3,(H,18,21)(H,19,20). The van der Waals surface area contributed by atoms with Gasteiger partial charge in [0.2, 0.25) is 0 Å². The molecule has 1 amide bonds. The lowest BCUT2D eigenvalue weighted by Crippen LogP contribution is -2.23. The summed E-state index contributed by atoms with van der Waals surface area (Å²) < 4.78 is 13.1. The summed E-state index contributed by atoms with van der Waals surface area (Å²) in [6.07, 6.45) is 1.56. The number of carbonyl (C=O) groups excluding carboxylic acids is 1. The summed E-state index contributed by atoms with van der Waals surface area (Å²) in [4.78, 5) is 15.7. The topological polar surface area (TPSA) is 54.0 Å². The number of anilines is 1. The van der Waals surface area contributed by atoms with Gasteiger partial charge in [-0.25, -0.2) is 4.39 Å². The molecule has 1 aromatic heterocycles. The molecule has 1 aromatic carbocycles. The van der Waals surface area contributed by atoms with E-state index in [9.17, 15) is 9.18 Å². The molecule has 0 spiro atoms. The molecule has 0 aliphatic carbocycles. The third kappa shape index (κ3) is 4.16. The smallest absolute Gasteiger partial charge is 0.269 e. The van der Waals surface area contributed by atoms with Crippen LogP contribution in [0.3, 0.4) is 0 Å². The van der Waals surface area contributed by atoms with Gasteiger partial charge in [-0.15, -0.1) is 0 Å². The van der Waals surface area contributed by atoms with Crippen LogP contribution < -0.4 is 10.6 Å². The number of benzene rings is 1. The number of halogens is 2. The summed E-state index contributed by atoms with van der Waals surface area (Å²) in [7, 11) is 0. The maximum atomic E-state index is 13.1. The van der Waals surface area contributed by atoms with E-state index >= 15 is 0 Å². The highest BCUT2D eigenvalue weighted by Gasteiger charge is 2.06. The largest absolute Gasteiger partial charge is 0.381 e. The van der Waals surface area contributed by atoms with Crippen molar-refractivity contribution in [3.8, 4) is 0 Å². The molecule has 0 unspecified atom stereocenters. The van der Waals surface area contributed by atoms with Gasteiger partial charge in [-0.1, -0.05) is 17.7 Å². The molecule has 0 atom stereocenters. The van der Waals surface area contributed by atoms with Crippen LogP contribution in [-0.2, 0) is 6.54 Å². The van der Waals surface area contributed by atoms with Crippen molar-refractivity contribution in [3.63, 3.8) is 0 Å². The average molecular weight is 308 g/mol. The highest BCUT2D eigenvalue weighted by Crippen LogP contribution is 2.17. The van der Waals surface area contributed by atoms with Gasteiger partial charge in [0, 0.05) is 25.0 Å². The van der Waals surface area contributed by atoms with Crippen molar-refractivity contribution >= 4 is 23.2 Å². The van der Waals surface area contributed by atoms with E-state index in [0.717, 1.165) is 11.3 Å². The Morgan fingerprint density at radius 2 is 2.14 bits per heavy atom. The monoisotopic (exact) mass is 307 g/mol. The Labute approximate surface area is 127 Å². The Kier molecular flexibility index (Phi) is 5.11. The van der Waals surface area contributed by atoms with E-state index in [1.165, 1.54) is 6.07 Å². The number of nitrogens with zero attached hydrogens (tertiary/aromatic N) is 1. The number of pyridine rings is 1. The normalized spacial score (nSPS) is 10.2. The van der Waals surface area contributed by atoms with Crippen molar-refractivity contribution in [2.24, 2.45) is 0 Å². The van der Waals surface area contributed by atoms with E-state index in [-0.39, 0.29) is 10.9 Å². The number of amides is 1. The summed E-state index contributed by atoms with van der Waals surface area (Å²) >= 11 is 5.73. The van der Waals surface area contributed by atoms with Crippen molar-refractivity contribution in [1.29, 1.82) is 0 Å². The first-order chi connectivity index (χ1) is 10.1. The molecule has 0 radical (unpaired) electrons. The molecule has 1 heterocycles. The zero-order valence-corrected chi connectivity index (χ0v) is 12.2. The molecular weight excluding hydrogens is 293 g/mol. The van der Waals surface area contributed by atoms with Crippen molar-refractivity contribution in [1.82, 2.24) is 10.3 Å². The van der Waals surface area contributed by atoms with E-state index in [0.29, 0.717) is 18.8 Å². The third-order valence-corrected chi connectivity index (χ3v) is 3.10. The fourth-order valence-electron chi connectivity index (χ4n) is 1.77. The lowest BCUT2D eigenvalue weighted by molar-refractivity contribution is 0.0951. The average Bonchev–Trinajstić information content (AvgIpc) is 2.49. The Morgan fingerprint density at radius 3 is 2.86 bits per heavy atom. The van der Waals surface area contributed by atoms with Crippen LogP contribution in [0, 0.1) is 5.82 Å². The molecule has 2 N–H and O–H groups in total. The second-order valence-electron chi connectivity index (χ2n) is 4.39. The van der Waals surface area contributed by atoms with E-state index < -0.39 is 5.82 Å². The number of hydrogen-bond acceptors (Lipinski definition) is 3. The molecule has 2 rings (SSSR count). The molecule has 0 bridgehead atoms. The first-order valence-electron chi connectivity index (χ1n) is 6.52. The van der Waals surface area contributed by atoms with Crippen molar-refractivity contribution in [3.05, 3.63) is 58.6 Å². The van der Waals surface area contributed by atoms with Crippen LogP contribution in [0.15, 0.2) is 36.5 Å². The highest BCUT2D eigenvalue weighted by molar-refractivity contribution is 6.30. The van der Waals surface area contributed by atoms with Gasteiger partial charge >= 0.3 is 0 Å². The molecular formula is C15H15ClFN3O. The van der Waals surface area contributed by atoms with Gasteiger partial charge in [0.05, 0.1) is 5.02 Å². The van der Waals surface area contributed by atoms with Gasteiger partial charge in [0.15, 0.2) is 0 Å². The molecule has 0 aliphatic heterocycles. The molecule has 0 aliphatic rings. The highest BCUT2D eigenvalue weighted by atomic mass is 35.5. The van der Waals surface area contributed by atoms with E-state index in [4.69, 9.17) is 11.6 Å². The molecule has 0 saturated carbocycles. The first-order valence-corrected chi connectivity index (χ1v) is 6.90.